The molecule has 0 aliphatic rings. The van der Waals surface area contributed by atoms with Crippen LogP contribution in [0.2, 0.25) is 0 Å². The fourth-order valence-electron chi connectivity index (χ4n) is 2.16. The van der Waals surface area contributed by atoms with Crippen molar-refractivity contribution in [2.24, 2.45) is 4.99 Å². The van der Waals surface area contributed by atoms with Gasteiger partial charge in [-0.05, 0) is 26.2 Å². The first-order chi connectivity index (χ1) is 10.7. The Morgan fingerprint density at radius 1 is 1.05 bits per heavy atom. The van der Waals surface area contributed by atoms with Crippen LogP contribution in [-0.4, -0.2) is 52.5 Å². The molecule has 0 aromatic heterocycles. The Labute approximate surface area is 137 Å². The summed E-state index contributed by atoms with van der Waals surface area (Å²) in [6, 6.07) is 0.473. The van der Waals surface area contributed by atoms with Crippen molar-refractivity contribution in [3.8, 4) is 0 Å². The molecule has 0 saturated carbocycles. The minimum Gasteiger partial charge on any atom is -0.382 e. The van der Waals surface area contributed by atoms with Crippen LogP contribution in [0.4, 0.5) is 0 Å². The average Bonchev–Trinajstić information content (AvgIpc) is 2.53. The van der Waals surface area contributed by atoms with Crippen molar-refractivity contribution in [2.75, 3.05) is 40.5 Å². The Morgan fingerprint density at radius 2 is 1.86 bits per heavy atom. The molecule has 0 rings (SSSR count). The molecule has 0 radical (unpaired) electrons. The van der Waals surface area contributed by atoms with E-state index < -0.39 is 0 Å². The smallest absolute Gasteiger partial charge is 0.191 e. The molecule has 1 unspecified atom stereocenters. The van der Waals surface area contributed by atoms with Gasteiger partial charge in [-0.2, -0.15) is 0 Å². The van der Waals surface area contributed by atoms with E-state index in [1.807, 2.05) is 7.05 Å². The lowest BCUT2D eigenvalue weighted by Crippen LogP contribution is -2.42. The van der Waals surface area contributed by atoms with Gasteiger partial charge >= 0.3 is 0 Å². The molecule has 2 N–H and O–H groups in total. The first-order valence-corrected chi connectivity index (χ1v) is 8.78. The minimum absolute atomic E-state index is 0.473. The second-order valence-electron chi connectivity index (χ2n) is 5.71. The second kappa shape index (κ2) is 16.6. The van der Waals surface area contributed by atoms with Crippen LogP contribution in [0.15, 0.2) is 4.99 Å². The molecule has 0 aliphatic heterocycles. The molecule has 0 spiro atoms. The van der Waals surface area contributed by atoms with Gasteiger partial charge in [-0.3, -0.25) is 4.99 Å². The van der Waals surface area contributed by atoms with E-state index in [0.717, 1.165) is 32.0 Å². The number of guanidine groups is 1. The van der Waals surface area contributed by atoms with Gasteiger partial charge in [0.15, 0.2) is 5.96 Å². The summed E-state index contributed by atoms with van der Waals surface area (Å²) in [7, 11) is 3.52. The molecule has 132 valence electrons. The number of methoxy groups -OCH3 is 1. The largest absolute Gasteiger partial charge is 0.382 e. The van der Waals surface area contributed by atoms with Crippen LogP contribution in [0.5, 0.6) is 0 Å². The van der Waals surface area contributed by atoms with Gasteiger partial charge < -0.3 is 20.1 Å². The van der Waals surface area contributed by atoms with E-state index in [9.17, 15) is 0 Å². The Hall–Kier alpha value is -0.810. The van der Waals surface area contributed by atoms with E-state index in [1.54, 1.807) is 7.11 Å². The summed E-state index contributed by atoms with van der Waals surface area (Å²) in [6.07, 6.45) is 8.59. The molecule has 5 heteroatoms. The maximum Gasteiger partial charge on any atom is 0.191 e. The Morgan fingerprint density at radius 3 is 2.55 bits per heavy atom. The topological polar surface area (TPSA) is 54.9 Å². The highest BCUT2D eigenvalue weighted by Crippen LogP contribution is 2.05. The summed E-state index contributed by atoms with van der Waals surface area (Å²) in [4.78, 5) is 4.28. The summed E-state index contributed by atoms with van der Waals surface area (Å²) in [5, 5.41) is 6.82. The number of nitrogens with one attached hydrogen (secondary N) is 2. The molecular weight excluding hydrogens is 278 g/mol. The summed E-state index contributed by atoms with van der Waals surface area (Å²) < 4.78 is 10.4. The van der Waals surface area contributed by atoms with Crippen molar-refractivity contribution >= 4 is 5.96 Å². The molecule has 22 heavy (non-hydrogen) atoms. The van der Waals surface area contributed by atoms with E-state index in [0.29, 0.717) is 19.3 Å². The zero-order valence-corrected chi connectivity index (χ0v) is 15.1. The normalized spacial score (nSPS) is 13.2. The van der Waals surface area contributed by atoms with Gasteiger partial charge in [0.1, 0.15) is 0 Å². The highest BCUT2D eigenvalue weighted by atomic mass is 16.5. The van der Waals surface area contributed by atoms with E-state index >= 15 is 0 Å². The predicted molar refractivity (Wildman–Crippen MR) is 94.6 cm³/mol. The van der Waals surface area contributed by atoms with Crippen LogP contribution in [0.25, 0.3) is 0 Å². The van der Waals surface area contributed by atoms with Gasteiger partial charge in [-0.1, -0.05) is 32.6 Å². The van der Waals surface area contributed by atoms with Gasteiger partial charge in [0.05, 0.1) is 13.2 Å². The highest BCUT2D eigenvalue weighted by molar-refractivity contribution is 5.79. The Balaban J connectivity index is 3.54. The third kappa shape index (κ3) is 14.1. The third-order valence-electron chi connectivity index (χ3n) is 3.54. The molecule has 0 aromatic rings. The molecule has 0 fully saturated rings. The van der Waals surface area contributed by atoms with Crippen LogP contribution < -0.4 is 10.6 Å². The van der Waals surface area contributed by atoms with Crippen LogP contribution in [0, 0.1) is 0 Å². The molecule has 0 heterocycles. The van der Waals surface area contributed by atoms with Gasteiger partial charge in [-0.25, -0.2) is 0 Å². The summed E-state index contributed by atoms with van der Waals surface area (Å²) in [5.41, 5.74) is 0. The SMILES string of the molecule is CCCCCCC(C)NC(=NC)NCCCCOCCOC. The minimum atomic E-state index is 0.473. The molecule has 5 nitrogen and oxygen atoms in total. The average molecular weight is 316 g/mol. The van der Waals surface area contributed by atoms with Crippen molar-refractivity contribution in [2.45, 2.75) is 64.8 Å². The monoisotopic (exact) mass is 315 g/mol. The number of unbranched alkanes of at least 4 members (excludes halogenated alkanes) is 4. The lowest BCUT2D eigenvalue weighted by Gasteiger charge is -2.18. The van der Waals surface area contributed by atoms with Crippen molar-refractivity contribution in [3.63, 3.8) is 0 Å². The number of rotatable bonds is 14. The standard InChI is InChI=1S/C17H37N3O2/c1-5-6-7-8-11-16(2)20-17(18-3)19-12-9-10-13-22-15-14-21-4/h16H,5-15H2,1-4H3,(H2,18,19,20). The molecule has 0 aliphatic carbocycles. The first kappa shape index (κ1) is 21.2. The molecule has 0 saturated heterocycles. The first-order valence-electron chi connectivity index (χ1n) is 8.78. The zero-order valence-electron chi connectivity index (χ0n) is 15.1. The van der Waals surface area contributed by atoms with Crippen LogP contribution in [0.1, 0.15) is 58.8 Å². The third-order valence-corrected chi connectivity index (χ3v) is 3.54. The van der Waals surface area contributed by atoms with Gasteiger partial charge in [0, 0.05) is 33.4 Å². The van der Waals surface area contributed by atoms with Crippen molar-refractivity contribution in [1.29, 1.82) is 0 Å². The number of nitrogens with zero attached hydrogens (tertiary/aromatic N) is 1. The quantitative estimate of drug-likeness (QED) is 0.294. The predicted octanol–water partition coefficient (Wildman–Crippen LogP) is 2.95. The maximum atomic E-state index is 5.44. The van der Waals surface area contributed by atoms with Gasteiger partial charge in [0.2, 0.25) is 0 Å². The van der Waals surface area contributed by atoms with E-state index in [2.05, 4.69) is 29.5 Å². The molecule has 0 bridgehead atoms. The lowest BCUT2D eigenvalue weighted by atomic mass is 10.1. The molecule has 0 amide bonds. The Bertz CT molecular complexity index is 260. The van der Waals surface area contributed by atoms with Crippen molar-refractivity contribution in [1.82, 2.24) is 10.6 Å². The molecular formula is C17H37N3O2. The summed E-state index contributed by atoms with van der Waals surface area (Å²) in [6.45, 7) is 7.55. The van der Waals surface area contributed by atoms with E-state index in [4.69, 9.17) is 9.47 Å². The van der Waals surface area contributed by atoms with Crippen molar-refractivity contribution in [3.05, 3.63) is 0 Å². The summed E-state index contributed by atoms with van der Waals surface area (Å²) >= 11 is 0. The summed E-state index contributed by atoms with van der Waals surface area (Å²) in [5.74, 6) is 0.906. The number of hydrogen-bond donors (Lipinski definition) is 2. The van der Waals surface area contributed by atoms with Gasteiger partial charge in [0.25, 0.3) is 0 Å². The van der Waals surface area contributed by atoms with Crippen molar-refractivity contribution < 1.29 is 9.47 Å². The van der Waals surface area contributed by atoms with E-state index in [-0.39, 0.29) is 0 Å². The molecule has 0 aromatic carbocycles. The fraction of sp³-hybridized carbons (Fsp3) is 0.941. The second-order valence-corrected chi connectivity index (χ2v) is 5.71. The highest BCUT2D eigenvalue weighted by Gasteiger charge is 2.04. The maximum absolute atomic E-state index is 5.44. The van der Waals surface area contributed by atoms with Gasteiger partial charge in [-0.15, -0.1) is 0 Å². The van der Waals surface area contributed by atoms with E-state index in [1.165, 1.54) is 32.1 Å². The molecule has 1 atom stereocenters. The zero-order chi connectivity index (χ0) is 16.5. The Kier molecular flexibility index (Phi) is 15.9. The lowest BCUT2D eigenvalue weighted by molar-refractivity contribution is 0.0689. The van der Waals surface area contributed by atoms with Crippen LogP contribution in [0.3, 0.4) is 0 Å². The number of hydrogen-bond acceptors (Lipinski definition) is 3. The fourth-order valence-corrected chi connectivity index (χ4v) is 2.16. The van der Waals surface area contributed by atoms with Crippen LogP contribution in [-0.2, 0) is 9.47 Å². The number of aliphatic imine (C=N–C) groups is 1. The van der Waals surface area contributed by atoms with Crippen LogP contribution >= 0.6 is 0 Å². The number of ether oxygens (including phenoxy) is 2.